The van der Waals surface area contributed by atoms with E-state index in [4.69, 9.17) is 4.74 Å². The van der Waals surface area contributed by atoms with E-state index in [9.17, 15) is 27.9 Å². The van der Waals surface area contributed by atoms with Crippen molar-refractivity contribution in [2.24, 2.45) is 0 Å². The highest BCUT2D eigenvalue weighted by molar-refractivity contribution is 5.82. The summed E-state index contributed by atoms with van der Waals surface area (Å²) >= 11 is 0. The van der Waals surface area contributed by atoms with Crippen molar-refractivity contribution in [2.75, 3.05) is 6.54 Å². The van der Waals surface area contributed by atoms with E-state index in [1.54, 1.807) is 20.8 Å². The number of aliphatic hydroxyl groups excluding tert-OH is 1. The fourth-order valence-electron chi connectivity index (χ4n) is 1.55. The minimum absolute atomic E-state index is 0.0360. The number of hydrogen-bond acceptors (Lipinski definition) is 4. The van der Waals surface area contributed by atoms with Crippen LogP contribution in [0.4, 0.5) is 18.0 Å². The van der Waals surface area contributed by atoms with Crippen molar-refractivity contribution >= 4 is 12.0 Å². The summed E-state index contributed by atoms with van der Waals surface area (Å²) in [5.74, 6) is -0.909. The molecule has 0 saturated heterocycles. The monoisotopic (exact) mass is 340 g/mol. The van der Waals surface area contributed by atoms with Gasteiger partial charge in [0.2, 0.25) is 0 Å². The van der Waals surface area contributed by atoms with Crippen LogP contribution >= 0.6 is 0 Å². The number of hydrogen-bond donors (Lipinski definition) is 3. The van der Waals surface area contributed by atoms with Gasteiger partial charge in [0, 0.05) is 13.0 Å². The van der Waals surface area contributed by atoms with Crippen molar-refractivity contribution < 1.29 is 32.6 Å². The lowest BCUT2D eigenvalue weighted by Gasteiger charge is -2.26. The zero-order chi connectivity index (χ0) is 18.3. The molecule has 0 aliphatic carbocycles. The van der Waals surface area contributed by atoms with Gasteiger partial charge in [0.25, 0.3) is 5.91 Å². The summed E-state index contributed by atoms with van der Waals surface area (Å²) in [6, 6.07) is -1.43. The highest BCUT2D eigenvalue weighted by atomic mass is 19.4. The Morgan fingerprint density at radius 2 is 1.87 bits per heavy atom. The van der Waals surface area contributed by atoms with Crippen molar-refractivity contribution in [3.8, 4) is 0 Å². The number of rotatable bonds is 7. The van der Waals surface area contributed by atoms with Gasteiger partial charge in [-0.25, -0.2) is 4.79 Å². The van der Waals surface area contributed by atoms with Gasteiger partial charge in [0.15, 0.2) is 6.10 Å². The molecule has 23 heavy (non-hydrogen) atoms. The van der Waals surface area contributed by atoms with Gasteiger partial charge in [0.1, 0.15) is 5.60 Å². The lowest BCUT2D eigenvalue weighted by molar-refractivity contribution is -0.142. The lowest BCUT2D eigenvalue weighted by Crippen LogP contribution is -2.51. The quantitative estimate of drug-likeness (QED) is 0.618. The number of carbonyl (C=O) groups excluding carboxylic acids is 2. The van der Waals surface area contributed by atoms with E-state index >= 15 is 0 Å². The number of alkyl carbamates (subject to hydrolysis) is 1. The number of nitrogens with one attached hydrogen (secondary N) is 2. The van der Waals surface area contributed by atoms with Crippen molar-refractivity contribution in [1.82, 2.24) is 10.6 Å². The summed E-state index contributed by atoms with van der Waals surface area (Å²) < 4.78 is 42.0. The Hall–Kier alpha value is -1.77. The molecule has 0 bridgehead atoms. The summed E-state index contributed by atoms with van der Waals surface area (Å²) in [6.45, 7) is 8.12. The molecule has 0 aromatic heterocycles. The molecule has 2 amide bonds. The first-order chi connectivity index (χ1) is 10.4. The van der Waals surface area contributed by atoms with E-state index in [0.717, 1.165) is 0 Å². The van der Waals surface area contributed by atoms with E-state index in [2.05, 4.69) is 17.2 Å². The van der Waals surface area contributed by atoms with Crippen molar-refractivity contribution in [1.29, 1.82) is 0 Å². The van der Waals surface area contributed by atoms with Gasteiger partial charge in [-0.2, -0.15) is 13.2 Å². The van der Waals surface area contributed by atoms with Crippen LogP contribution in [0.2, 0.25) is 0 Å². The number of carbonyl (C=O) groups is 2. The third kappa shape index (κ3) is 10.6. The van der Waals surface area contributed by atoms with Crippen LogP contribution in [0.1, 0.15) is 33.6 Å². The Morgan fingerprint density at radius 1 is 1.30 bits per heavy atom. The first kappa shape index (κ1) is 21.2. The minimum Gasteiger partial charge on any atom is -0.444 e. The molecule has 2 unspecified atom stereocenters. The van der Waals surface area contributed by atoms with Crippen molar-refractivity contribution in [3.05, 3.63) is 12.7 Å². The molecule has 0 saturated carbocycles. The van der Waals surface area contributed by atoms with Crippen LogP contribution in [-0.2, 0) is 9.53 Å². The molecule has 2 atom stereocenters. The van der Waals surface area contributed by atoms with Crippen LogP contribution in [0.5, 0.6) is 0 Å². The van der Waals surface area contributed by atoms with Gasteiger partial charge in [-0.15, -0.1) is 6.58 Å². The SMILES string of the molecule is C=CCNC(=O)C(O)C(CCC(F)(F)F)NC(=O)OC(C)(C)C. The molecule has 0 aromatic rings. The van der Waals surface area contributed by atoms with Crippen molar-refractivity contribution in [2.45, 2.75) is 57.5 Å². The van der Waals surface area contributed by atoms with Gasteiger partial charge in [-0.3, -0.25) is 4.79 Å². The largest absolute Gasteiger partial charge is 0.444 e. The number of aliphatic hydroxyl groups is 1. The summed E-state index contributed by atoms with van der Waals surface area (Å²) in [5, 5.41) is 14.2. The zero-order valence-electron chi connectivity index (χ0n) is 13.4. The molecule has 134 valence electrons. The predicted octanol–water partition coefficient (Wildman–Crippen LogP) is 1.89. The van der Waals surface area contributed by atoms with Crippen molar-refractivity contribution in [3.63, 3.8) is 0 Å². The second-order valence-electron chi connectivity index (χ2n) is 5.89. The fourth-order valence-corrected chi connectivity index (χ4v) is 1.55. The molecule has 0 spiro atoms. The molecule has 9 heteroatoms. The second kappa shape index (κ2) is 8.76. The first-order valence-corrected chi connectivity index (χ1v) is 6.98. The molecule has 0 rings (SSSR count). The van der Waals surface area contributed by atoms with Crippen LogP contribution in [-0.4, -0.2) is 47.6 Å². The minimum atomic E-state index is -4.48. The topological polar surface area (TPSA) is 87.7 Å². The third-order valence-electron chi connectivity index (χ3n) is 2.51. The standard InChI is InChI=1S/C14H23F3N2O4/c1-5-8-18-11(21)10(20)9(6-7-14(15,16)17)19-12(22)23-13(2,3)4/h5,9-10,20H,1,6-8H2,2-4H3,(H,18,21)(H,19,22). The summed E-state index contributed by atoms with van der Waals surface area (Å²) in [4.78, 5) is 23.3. The molecule has 3 N–H and O–H groups in total. The highest BCUT2D eigenvalue weighted by Gasteiger charge is 2.34. The van der Waals surface area contributed by atoms with Gasteiger partial charge >= 0.3 is 12.3 Å². The van der Waals surface area contributed by atoms with Crippen LogP contribution in [0, 0.1) is 0 Å². The average molecular weight is 340 g/mol. The maximum Gasteiger partial charge on any atom is 0.407 e. The number of halogens is 3. The molecule has 0 aliphatic rings. The Labute approximate surface area is 133 Å². The summed E-state index contributed by atoms with van der Waals surface area (Å²) in [5.41, 5.74) is -0.866. The fraction of sp³-hybridized carbons (Fsp3) is 0.714. The molecule has 0 fully saturated rings. The van der Waals surface area contributed by atoms with E-state index in [1.807, 2.05) is 0 Å². The molecule has 0 heterocycles. The van der Waals surface area contributed by atoms with Crippen LogP contribution in [0.15, 0.2) is 12.7 Å². The van der Waals surface area contributed by atoms with Crippen LogP contribution in [0.25, 0.3) is 0 Å². The van der Waals surface area contributed by atoms with E-state index in [-0.39, 0.29) is 6.54 Å². The normalized spacial score (nSPS) is 14.6. The predicted molar refractivity (Wildman–Crippen MR) is 77.7 cm³/mol. The van der Waals surface area contributed by atoms with Crippen LogP contribution in [0.3, 0.4) is 0 Å². The summed E-state index contributed by atoms with van der Waals surface area (Å²) in [6.07, 6.45) is -7.92. The zero-order valence-corrected chi connectivity index (χ0v) is 13.4. The molecular weight excluding hydrogens is 317 g/mol. The number of ether oxygens (including phenoxy) is 1. The van der Waals surface area contributed by atoms with Crippen LogP contribution < -0.4 is 10.6 Å². The Bertz CT molecular complexity index is 419. The van der Waals surface area contributed by atoms with E-state index in [1.165, 1.54) is 6.08 Å². The highest BCUT2D eigenvalue weighted by Crippen LogP contribution is 2.23. The molecular formula is C14H23F3N2O4. The molecule has 0 aromatic carbocycles. The number of alkyl halides is 3. The lowest BCUT2D eigenvalue weighted by atomic mass is 10.0. The Kier molecular flexibility index (Phi) is 8.08. The molecule has 6 nitrogen and oxygen atoms in total. The molecule has 0 radical (unpaired) electrons. The smallest absolute Gasteiger partial charge is 0.407 e. The molecule has 0 aliphatic heterocycles. The third-order valence-corrected chi connectivity index (χ3v) is 2.51. The Balaban J connectivity index is 4.89. The summed E-state index contributed by atoms with van der Waals surface area (Å²) in [7, 11) is 0. The van der Waals surface area contributed by atoms with E-state index in [0.29, 0.717) is 0 Å². The second-order valence-corrected chi connectivity index (χ2v) is 5.89. The first-order valence-electron chi connectivity index (χ1n) is 6.98. The van der Waals surface area contributed by atoms with Gasteiger partial charge in [-0.05, 0) is 27.2 Å². The van der Waals surface area contributed by atoms with Gasteiger partial charge < -0.3 is 20.5 Å². The van der Waals surface area contributed by atoms with E-state index < -0.39 is 48.8 Å². The van der Waals surface area contributed by atoms with Gasteiger partial charge in [-0.1, -0.05) is 6.08 Å². The Morgan fingerprint density at radius 3 is 2.30 bits per heavy atom. The maximum atomic E-state index is 12.4. The van der Waals surface area contributed by atoms with Gasteiger partial charge in [0.05, 0.1) is 6.04 Å². The maximum absolute atomic E-state index is 12.4. The number of amides is 2. The average Bonchev–Trinajstić information content (AvgIpc) is 2.36.